The number of benzene rings is 2. The summed E-state index contributed by atoms with van der Waals surface area (Å²) < 4.78 is 2.12. The van der Waals surface area contributed by atoms with Crippen molar-refractivity contribution in [2.24, 2.45) is 0 Å². The number of carbonyl (C=O) groups excluding carboxylic acids is 1. The summed E-state index contributed by atoms with van der Waals surface area (Å²) in [5.41, 5.74) is 4.15. The molecule has 3 aromatic rings. The molecule has 1 aromatic heterocycles. The van der Waals surface area contributed by atoms with Crippen LogP contribution >= 0.6 is 34.5 Å². The van der Waals surface area contributed by atoms with Crippen LogP contribution < -0.4 is 9.67 Å². The molecule has 1 heterocycles. The van der Waals surface area contributed by atoms with E-state index in [1.807, 2.05) is 48.5 Å². The molecule has 1 unspecified atom stereocenters. The summed E-state index contributed by atoms with van der Waals surface area (Å²) in [6.07, 6.45) is 1.16. The number of aryl methyl sites for hydroxylation is 1. The maximum absolute atomic E-state index is 12.2. The molecule has 0 fully saturated rings. The third-order valence-electron chi connectivity index (χ3n) is 4.17. The van der Waals surface area contributed by atoms with Gasteiger partial charge in [0.25, 0.3) is 0 Å². The molecule has 0 spiro atoms. The molecule has 3 rings (SSSR count). The van der Waals surface area contributed by atoms with Gasteiger partial charge in [-0.25, -0.2) is 0 Å². The van der Waals surface area contributed by atoms with Gasteiger partial charge in [-0.15, -0.1) is 0 Å². The van der Waals surface area contributed by atoms with Gasteiger partial charge in [0, 0.05) is 0 Å². The van der Waals surface area contributed by atoms with Crippen molar-refractivity contribution in [3.63, 3.8) is 0 Å². The van der Waals surface area contributed by atoms with E-state index in [4.69, 9.17) is 23.2 Å². The van der Waals surface area contributed by atoms with E-state index in [0.29, 0.717) is 17.1 Å². The van der Waals surface area contributed by atoms with Gasteiger partial charge in [-0.2, -0.15) is 0 Å². The summed E-state index contributed by atoms with van der Waals surface area (Å²) in [7, 11) is 0. The predicted molar refractivity (Wildman–Crippen MR) is 119 cm³/mol. The molecule has 0 aliphatic carbocycles. The number of halogens is 2. The van der Waals surface area contributed by atoms with Crippen LogP contribution in [-0.4, -0.2) is 20.6 Å². The van der Waals surface area contributed by atoms with Gasteiger partial charge in [-0.05, 0) is 0 Å². The van der Waals surface area contributed by atoms with Crippen LogP contribution in [0.5, 0.6) is 0 Å². The number of amides is 1. The second kappa shape index (κ2) is 9.80. The summed E-state index contributed by atoms with van der Waals surface area (Å²) in [5, 5.41) is 4.59. The number of thiophene rings is 1. The van der Waals surface area contributed by atoms with Gasteiger partial charge in [0.1, 0.15) is 0 Å². The summed E-state index contributed by atoms with van der Waals surface area (Å²) in [5.74, 6) is -0.0207. The minimum absolute atomic E-state index is 0.0207. The molecule has 0 radical (unpaired) electrons. The van der Waals surface area contributed by atoms with Crippen molar-refractivity contribution in [3.05, 3.63) is 80.5 Å². The number of hydrogen-bond acceptors (Lipinski definition) is 2. The summed E-state index contributed by atoms with van der Waals surface area (Å²) in [6.45, 7) is 0. The zero-order valence-corrected chi connectivity index (χ0v) is 19.1. The molecule has 0 saturated heterocycles. The Kier molecular flexibility index (Phi) is 7.43. The number of hydrogen-bond donors (Lipinski definition) is 1. The van der Waals surface area contributed by atoms with Crippen molar-refractivity contribution in [3.8, 4) is 0 Å². The summed E-state index contributed by atoms with van der Waals surface area (Å²) in [6, 6.07) is 20.1. The molecule has 6 heteroatoms. The number of nitrogens with one attached hydrogen (secondary N) is 1. The van der Waals surface area contributed by atoms with E-state index in [0.717, 1.165) is 21.5 Å². The third-order valence-corrected chi connectivity index (χ3v) is 10.3. The van der Waals surface area contributed by atoms with Crippen LogP contribution in [0.1, 0.15) is 16.9 Å². The zero-order valence-electron chi connectivity index (χ0n) is 14.9. The van der Waals surface area contributed by atoms with E-state index in [1.165, 1.54) is 9.23 Å². The average molecular weight is 480 g/mol. The topological polar surface area (TPSA) is 29.1 Å². The average Bonchev–Trinajstić information content (AvgIpc) is 3.07. The van der Waals surface area contributed by atoms with Gasteiger partial charge in [-0.1, -0.05) is 0 Å². The Balaban J connectivity index is 1.58. The Morgan fingerprint density at radius 2 is 1.85 bits per heavy atom. The number of carbonyl (C=O) groups is 1. The Labute approximate surface area is 178 Å². The fourth-order valence-corrected chi connectivity index (χ4v) is 8.48. The molecular weight excluding hydrogens is 460 g/mol. The maximum atomic E-state index is 12.2. The molecule has 1 amide bonds. The molecule has 1 N–H and O–H groups in total. The fraction of sp³-hybridized carbons (Fsp3) is 0.190. The first-order chi connectivity index (χ1) is 13.0. The molecule has 27 heavy (non-hydrogen) atoms. The third kappa shape index (κ3) is 6.12. The zero-order chi connectivity index (χ0) is 19.2. The second-order valence-corrected chi connectivity index (χ2v) is 13.1. The monoisotopic (exact) mass is 479 g/mol. The van der Waals surface area contributed by atoms with Gasteiger partial charge >= 0.3 is 179 Å². The standard InChI is InChI=1S/C21H20AsCl2NOS/c1-22(14-17-9-11-20(24)27-17)16-8-10-19(18(23)13-16)25-21(26)12-7-15-5-3-2-4-6-15/h2-6,8-11,13H,7,12,14H2,1H3,(H,25,26). The van der Waals surface area contributed by atoms with E-state index in [1.54, 1.807) is 11.3 Å². The van der Waals surface area contributed by atoms with Crippen molar-refractivity contribution in [1.29, 1.82) is 0 Å². The molecule has 140 valence electrons. The van der Waals surface area contributed by atoms with Crippen molar-refractivity contribution < 1.29 is 4.79 Å². The van der Waals surface area contributed by atoms with Crippen LogP contribution in [0.2, 0.25) is 15.1 Å². The normalized spacial score (nSPS) is 12.0. The van der Waals surface area contributed by atoms with Crippen molar-refractivity contribution in [2.45, 2.75) is 23.8 Å². The predicted octanol–water partition coefficient (Wildman–Crippen LogP) is 5.74. The van der Waals surface area contributed by atoms with Gasteiger partial charge in [0.15, 0.2) is 0 Å². The van der Waals surface area contributed by atoms with E-state index in [9.17, 15) is 4.79 Å². The first-order valence-corrected chi connectivity index (χ1v) is 14.3. The van der Waals surface area contributed by atoms with Crippen LogP contribution in [-0.2, 0) is 16.4 Å². The van der Waals surface area contributed by atoms with Crippen LogP contribution in [0.4, 0.5) is 5.69 Å². The van der Waals surface area contributed by atoms with Crippen LogP contribution in [0.3, 0.4) is 0 Å². The van der Waals surface area contributed by atoms with Gasteiger partial charge in [-0.3, -0.25) is 0 Å². The summed E-state index contributed by atoms with van der Waals surface area (Å²) >= 11 is 12.9. The van der Waals surface area contributed by atoms with Gasteiger partial charge in [0.2, 0.25) is 0 Å². The van der Waals surface area contributed by atoms with Crippen LogP contribution in [0, 0.1) is 0 Å². The molecular formula is C21H20AsCl2NOS. The van der Waals surface area contributed by atoms with Crippen molar-refractivity contribution >= 4 is 65.1 Å². The summed E-state index contributed by atoms with van der Waals surface area (Å²) in [4.78, 5) is 13.5. The van der Waals surface area contributed by atoms with Gasteiger partial charge < -0.3 is 0 Å². The molecule has 0 bridgehead atoms. The second-order valence-electron chi connectivity index (χ2n) is 6.26. The molecule has 2 nitrogen and oxygen atoms in total. The first-order valence-electron chi connectivity index (χ1n) is 8.60. The molecule has 0 aliphatic rings. The van der Waals surface area contributed by atoms with Crippen LogP contribution in [0.15, 0.2) is 60.7 Å². The van der Waals surface area contributed by atoms with Gasteiger partial charge in [0.05, 0.1) is 0 Å². The Bertz CT molecular complexity index is 914. The molecule has 2 aromatic carbocycles. The van der Waals surface area contributed by atoms with E-state index in [2.05, 4.69) is 23.2 Å². The Morgan fingerprint density at radius 3 is 2.52 bits per heavy atom. The molecule has 0 saturated carbocycles. The number of rotatable bonds is 7. The molecule has 1 atom stereocenters. The van der Waals surface area contributed by atoms with Crippen molar-refractivity contribution in [1.82, 2.24) is 0 Å². The first kappa shape index (κ1) is 20.5. The molecule has 0 aliphatic heterocycles. The minimum atomic E-state index is -1.23. The van der Waals surface area contributed by atoms with E-state index in [-0.39, 0.29) is 5.91 Å². The van der Waals surface area contributed by atoms with E-state index >= 15 is 0 Å². The van der Waals surface area contributed by atoms with Crippen LogP contribution in [0.25, 0.3) is 0 Å². The SMILES string of the molecule is C[As](Cc1ccc(Cl)s1)c1ccc(NC(=O)CCc2ccccc2)c(Cl)c1. The fourth-order valence-electron chi connectivity index (χ4n) is 2.72. The Morgan fingerprint density at radius 1 is 1.07 bits per heavy atom. The van der Waals surface area contributed by atoms with Crippen molar-refractivity contribution in [2.75, 3.05) is 5.32 Å². The number of anilines is 1. The Hall–Kier alpha value is -1.25. The quantitative estimate of drug-likeness (QED) is 0.430. The van der Waals surface area contributed by atoms with E-state index < -0.39 is 14.7 Å².